The van der Waals surface area contributed by atoms with Gasteiger partial charge in [-0.15, -0.1) is 0 Å². The van der Waals surface area contributed by atoms with E-state index < -0.39 is 28.4 Å². The van der Waals surface area contributed by atoms with Crippen molar-refractivity contribution in [3.05, 3.63) is 52.0 Å². The van der Waals surface area contributed by atoms with Crippen LogP contribution in [0, 0.1) is 12.8 Å². The maximum absolute atomic E-state index is 13.8. The van der Waals surface area contributed by atoms with Crippen LogP contribution in [0.2, 0.25) is 10.0 Å². The van der Waals surface area contributed by atoms with Gasteiger partial charge in [-0.25, -0.2) is 8.42 Å². The number of hydrogen-bond donors (Lipinski definition) is 1. The summed E-state index contributed by atoms with van der Waals surface area (Å²) in [5.41, 5.74) is 6.27. The van der Waals surface area contributed by atoms with Crippen LogP contribution in [-0.2, 0) is 19.6 Å². The minimum Gasteiger partial charge on any atom is -0.495 e. The molecule has 8 nitrogen and oxygen atoms in total. The number of halogens is 2. The molecule has 11 heteroatoms. The highest BCUT2D eigenvalue weighted by molar-refractivity contribution is 7.93. The first-order valence-corrected chi connectivity index (χ1v) is 12.4. The number of nitrogens with two attached hydrogens (primary N) is 1. The number of likely N-dealkylation sites (tertiary alicyclic amines) is 1. The average molecular weight is 514 g/mol. The summed E-state index contributed by atoms with van der Waals surface area (Å²) in [6, 6.07) is 9.14. The maximum Gasteiger partial charge on any atom is 0.268 e. The quantitative estimate of drug-likeness (QED) is 0.610. The Morgan fingerprint density at radius 1 is 1.12 bits per heavy atom. The van der Waals surface area contributed by atoms with Crippen LogP contribution in [-0.4, -0.2) is 51.9 Å². The van der Waals surface area contributed by atoms with Gasteiger partial charge in [0.1, 0.15) is 17.2 Å². The van der Waals surface area contributed by atoms with Crippen molar-refractivity contribution in [3.63, 3.8) is 0 Å². The van der Waals surface area contributed by atoms with E-state index in [1.807, 2.05) is 0 Å². The minimum atomic E-state index is -4.22. The predicted molar refractivity (Wildman–Crippen MR) is 127 cm³/mol. The summed E-state index contributed by atoms with van der Waals surface area (Å²) in [5, 5.41) is 0.408. The maximum atomic E-state index is 13.8. The average Bonchev–Trinajstić information content (AvgIpc) is 2.79. The van der Waals surface area contributed by atoms with Crippen LogP contribution in [0.15, 0.2) is 41.3 Å². The lowest BCUT2D eigenvalue weighted by Crippen LogP contribution is -2.47. The fourth-order valence-corrected chi connectivity index (χ4v) is 5.64. The molecule has 2 N–H and O–H groups in total. The number of aryl methyl sites for hydroxylation is 1. The van der Waals surface area contributed by atoms with Gasteiger partial charge in [-0.2, -0.15) is 0 Å². The Labute approximate surface area is 203 Å². The molecule has 0 atom stereocenters. The highest BCUT2D eigenvalue weighted by atomic mass is 35.5. The number of carbonyl (C=O) groups is 2. The molecular formula is C22H25Cl2N3O5S. The molecule has 1 fully saturated rings. The van der Waals surface area contributed by atoms with Gasteiger partial charge in [0, 0.05) is 19.0 Å². The van der Waals surface area contributed by atoms with E-state index in [4.69, 9.17) is 33.7 Å². The summed E-state index contributed by atoms with van der Waals surface area (Å²) in [6.07, 6.45) is 0.874. The molecule has 3 rings (SSSR count). The van der Waals surface area contributed by atoms with Crippen LogP contribution in [0.5, 0.6) is 5.75 Å². The van der Waals surface area contributed by atoms with Crippen LogP contribution >= 0.6 is 23.2 Å². The summed E-state index contributed by atoms with van der Waals surface area (Å²) in [6.45, 7) is 1.93. The second kappa shape index (κ2) is 10.2. The molecule has 1 heterocycles. The molecule has 0 spiro atoms. The zero-order valence-electron chi connectivity index (χ0n) is 18.3. The van der Waals surface area contributed by atoms with Gasteiger partial charge in [0.05, 0.1) is 22.8 Å². The number of hydrogen-bond acceptors (Lipinski definition) is 5. The van der Waals surface area contributed by atoms with E-state index in [1.54, 1.807) is 19.1 Å². The van der Waals surface area contributed by atoms with Gasteiger partial charge in [-0.05, 0) is 55.7 Å². The van der Waals surface area contributed by atoms with Gasteiger partial charge in [-0.1, -0.05) is 29.3 Å². The van der Waals surface area contributed by atoms with E-state index in [1.165, 1.54) is 36.3 Å². The van der Waals surface area contributed by atoms with E-state index in [-0.39, 0.29) is 32.3 Å². The number of sulfonamides is 1. The van der Waals surface area contributed by atoms with Crippen molar-refractivity contribution in [2.75, 3.05) is 31.0 Å². The zero-order chi connectivity index (χ0) is 24.3. The Kier molecular flexibility index (Phi) is 7.76. The molecule has 2 aromatic carbocycles. The molecule has 0 unspecified atom stereocenters. The normalized spacial score (nSPS) is 14.7. The standard InChI is InChI=1S/C22H25Cl2N3O5S/c1-14-3-6-19(32-2)20(11-14)33(30,31)27(16-4-5-17(23)18(24)12-16)13-21(28)26-9-7-15(8-10-26)22(25)29/h3-6,11-12,15H,7-10,13H2,1-2H3,(H2,25,29). The number of methoxy groups -OCH3 is 1. The zero-order valence-corrected chi connectivity index (χ0v) is 20.6. The van der Waals surface area contributed by atoms with Crippen molar-refractivity contribution >= 4 is 50.7 Å². The summed E-state index contributed by atoms with van der Waals surface area (Å²) >= 11 is 12.2. The van der Waals surface area contributed by atoms with Gasteiger partial charge in [0.25, 0.3) is 10.0 Å². The minimum absolute atomic E-state index is 0.0729. The van der Waals surface area contributed by atoms with Gasteiger partial charge in [0.2, 0.25) is 11.8 Å². The number of rotatable bonds is 7. The highest BCUT2D eigenvalue weighted by Gasteiger charge is 2.33. The van der Waals surface area contributed by atoms with Crippen molar-refractivity contribution in [3.8, 4) is 5.75 Å². The molecule has 0 bridgehead atoms. The molecular weight excluding hydrogens is 489 g/mol. The number of primary amides is 1. The highest BCUT2D eigenvalue weighted by Crippen LogP contribution is 2.34. The number of amides is 2. The lowest BCUT2D eigenvalue weighted by atomic mass is 9.96. The topological polar surface area (TPSA) is 110 Å². The molecule has 1 saturated heterocycles. The molecule has 0 radical (unpaired) electrons. The molecule has 0 aromatic heterocycles. The Balaban J connectivity index is 1.99. The first-order chi connectivity index (χ1) is 15.5. The molecule has 0 saturated carbocycles. The van der Waals surface area contributed by atoms with Crippen molar-refractivity contribution in [1.29, 1.82) is 0 Å². The third kappa shape index (κ3) is 5.54. The van der Waals surface area contributed by atoms with Crippen molar-refractivity contribution in [2.45, 2.75) is 24.7 Å². The molecule has 1 aliphatic rings. The summed E-state index contributed by atoms with van der Waals surface area (Å²) in [4.78, 5) is 26.0. The van der Waals surface area contributed by atoms with Gasteiger partial charge in [-0.3, -0.25) is 13.9 Å². The number of benzene rings is 2. The molecule has 2 amide bonds. The van der Waals surface area contributed by atoms with Crippen LogP contribution in [0.3, 0.4) is 0 Å². The van der Waals surface area contributed by atoms with Crippen LogP contribution in [0.4, 0.5) is 5.69 Å². The first-order valence-electron chi connectivity index (χ1n) is 10.2. The molecule has 2 aromatic rings. The van der Waals surface area contributed by atoms with Crippen LogP contribution in [0.1, 0.15) is 18.4 Å². The molecule has 1 aliphatic heterocycles. The smallest absolute Gasteiger partial charge is 0.268 e. The summed E-state index contributed by atoms with van der Waals surface area (Å²) < 4.78 is 33.8. The molecule has 33 heavy (non-hydrogen) atoms. The third-order valence-corrected chi connectivity index (χ3v) is 8.14. The second-order valence-corrected chi connectivity index (χ2v) is 10.5. The fraction of sp³-hybridized carbons (Fsp3) is 0.364. The van der Waals surface area contributed by atoms with Gasteiger partial charge in [0.15, 0.2) is 0 Å². The number of anilines is 1. The Morgan fingerprint density at radius 2 is 1.79 bits per heavy atom. The fourth-order valence-electron chi connectivity index (χ4n) is 3.70. The van der Waals surface area contributed by atoms with E-state index in [9.17, 15) is 18.0 Å². The number of nitrogens with zero attached hydrogens (tertiary/aromatic N) is 2. The lowest BCUT2D eigenvalue weighted by molar-refractivity contribution is -0.133. The van der Waals surface area contributed by atoms with Gasteiger partial charge >= 0.3 is 0 Å². The largest absolute Gasteiger partial charge is 0.495 e. The van der Waals surface area contributed by atoms with Crippen LogP contribution < -0.4 is 14.8 Å². The van der Waals surface area contributed by atoms with Gasteiger partial charge < -0.3 is 15.4 Å². The van der Waals surface area contributed by atoms with E-state index in [0.29, 0.717) is 31.5 Å². The Hall–Kier alpha value is -2.49. The van der Waals surface area contributed by atoms with Crippen molar-refractivity contribution < 1.29 is 22.7 Å². The van der Waals surface area contributed by atoms with Crippen molar-refractivity contribution in [2.24, 2.45) is 11.7 Å². The SMILES string of the molecule is COc1ccc(C)cc1S(=O)(=O)N(CC(=O)N1CCC(C(N)=O)CC1)c1ccc(Cl)c(Cl)c1. The number of carbonyl (C=O) groups excluding carboxylic acids is 2. The molecule has 0 aliphatic carbocycles. The lowest BCUT2D eigenvalue weighted by Gasteiger charge is -2.33. The third-order valence-electron chi connectivity index (χ3n) is 5.61. The Morgan fingerprint density at radius 3 is 2.36 bits per heavy atom. The monoisotopic (exact) mass is 513 g/mol. The van der Waals surface area contributed by atoms with Crippen LogP contribution in [0.25, 0.3) is 0 Å². The summed E-state index contributed by atoms with van der Waals surface area (Å²) in [5.74, 6) is -0.936. The Bertz CT molecular complexity index is 1160. The predicted octanol–water partition coefficient (Wildman–Crippen LogP) is 3.23. The number of ether oxygens (including phenoxy) is 1. The second-order valence-electron chi connectivity index (χ2n) is 7.82. The van der Waals surface area contributed by atoms with E-state index >= 15 is 0 Å². The molecule has 178 valence electrons. The number of piperidine rings is 1. The first kappa shape index (κ1) is 25.1. The summed E-state index contributed by atoms with van der Waals surface area (Å²) in [7, 11) is -2.85. The van der Waals surface area contributed by atoms with E-state index in [2.05, 4.69) is 0 Å². The van der Waals surface area contributed by atoms with E-state index in [0.717, 1.165) is 4.31 Å². The van der Waals surface area contributed by atoms with Crippen molar-refractivity contribution in [1.82, 2.24) is 4.90 Å².